The van der Waals surface area contributed by atoms with Crippen LogP contribution in [0.15, 0.2) is 51.9 Å². The van der Waals surface area contributed by atoms with Crippen LogP contribution in [0.5, 0.6) is 0 Å². The molecule has 0 bridgehead atoms. The van der Waals surface area contributed by atoms with E-state index in [-0.39, 0.29) is 5.69 Å². The summed E-state index contributed by atoms with van der Waals surface area (Å²) in [4.78, 5) is 20.3. The van der Waals surface area contributed by atoms with Crippen LogP contribution < -0.4 is 5.69 Å². The van der Waals surface area contributed by atoms with Crippen molar-refractivity contribution in [1.29, 1.82) is 0 Å². The second-order valence-corrected chi connectivity index (χ2v) is 7.62. The zero-order valence-electron chi connectivity index (χ0n) is 17.4. The summed E-state index contributed by atoms with van der Waals surface area (Å²) in [6.07, 6.45) is 1.80. The molecule has 0 aliphatic rings. The molecule has 0 radical (unpaired) electrons. The van der Waals surface area contributed by atoms with E-state index in [2.05, 4.69) is 40.2 Å². The Bertz CT molecular complexity index is 1470. The number of aromatic amines is 1. The molecule has 30 heavy (non-hydrogen) atoms. The molecule has 0 saturated heterocycles. The third-order valence-electron chi connectivity index (χ3n) is 5.77. The van der Waals surface area contributed by atoms with Gasteiger partial charge >= 0.3 is 5.69 Å². The molecular formula is C24H22N4O2. The topological polar surface area (TPSA) is 76.7 Å². The predicted octanol–water partition coefficient (Wildman–Crippen LogP) is 5.14. The Balaban J connectivity index is 1.97. The van der Waals surface area contributed by atoms with Crippen LogP contribution in [0.1, 0.15) is 23.9 Å². The molecular weight excluding hydrogens is 376 g/mol. The van der Waals surface area contributed by atoms with Crippen molar-refractivity contribution in [2.75, 3.05) is 0 Å². The fourth-order valence-corrected chi connectivity index (χ4v) is 4.46. The lowest BCUT2D eigenvalue weighted by molar-refractivity contribution is 0.393. The first-order chi connectivity index (χ1) is 14.5. The first-order valence-corrected chi connectivity index (χ1v) is 10.0. The molecule has 0 aliphatic heterocycles. The van der Waals surface area contributed by atoms with Gasteiger partial charge in [-0.15, -0.1) is 0 Å². The van der Waals surface area contributed by atoms with Crippen molar-refractivity contribution in [2.24, 2.45) is 0 Å². The van der Waals surface area contributed by atoms with Gasteiger partial charge in [0.25, 0.3) is 0 Å². The number of hydrogen-bond donors (Lipinski definition) is 1. The molecule has 6 nitrogen and oxygen atoms in total. The van der Waals surface area contributed by atoms with Crippen molar-refractivity contribution in [3.05, 3.63) is 70.1 Å². The quantitative estimate of drug-likeness (QED) is 0.456. The van der Waals surface area contributed by atoms with Gasteiger partial charge in [-0.3, -0.25) is 9.55 Å². The van der Waals surface area contributed by atoms with E-state index < -0.39 is 0 Å². The highest BCUT2D eigenvalue weighted by Crippen LogP contribution is 2.39. The average molecular weight is 398 g/mol. The Kier molecular flexibility index (Phi) is 4.10. The summed E-state index contributed by atoms with van der Waals surface area (Å²) in [5.41, 5.74) is 8.48. The molecule has 3 aromatic heterocycles. The van der Waals surface area contributed by atoms with Gasteiger partial charge < -0.3 is 9.51 Å². The molecule has 0 unspecified atom stereocenters. The second-order valence-electron chi connectivity index (χ2n) is 7.62. The largest absolute Gasteiger partial charge is 0.361 e. The highest BCUT2D eigenvalue weighted by Gasteiger charge is 2.20. The highest BCUT2D eigenvalue weighted by atomic mass is 16.5. The van der Waals surface area contributed by atoms with Crippen LogP contribution in [0, 0.1) is 20.8 Å². The molecule has 5 rings (SSSR count). The van der Waals surface area contributed by atoms with Gasteiger partial charge in [0.2, 0.25) is 0 Å². The predicted molar refractivity (Wildman–Crippen MR) is 119 cm³/mol. The van der Waals surface area contributed by atoms with Crippen LogP contribution in [0.3, 0.4) is 0 Å². The van der Waals surface area contributed by atoms with Crippen molar-refractivity contribution in [3.8, 4) is 22.3 Å². The van der Waals surface area contributed by atoms with Crippen LogP contribution >= 0.6 is 0 Å². The minimum Gasteiger partial charge on any atom is -0.361 e. The number of pyridine rings is 1. The van der Waals surface area contributed by atoms with E-state index in [9.17, 15) is 4.79 Å². The molecule has 2 aromatic carbocycles. The first kappa shape index (κ1) is 18.4. The number of nitrogens with one attached hydrogen (secondary N) is 1. The monoisotopic (exact) mass is 398 g/mol. The number of imidazole rings is 1. The summed E-state index contributed by atoms with van der Waals surface area (Å²) < 4.78 is 7.20. The third kappa shape index (κ3) is 2.60. The van der Waals surface area contributed by atoms with Crippen molar-refractivity contribution < 1.29 is 4.52 Å². The Morgan fingerprint density at radius 1 is 1.10 bits per heavy atom. The summed E-state index contributed by atoms with van der Waals surface area (Å²) in [6, 6.07) is 12.3. The number of aromatic nitrogens is 4. The van der Waals surface area contributed by atoms with E-state index in [0.29, 0.717) is 6.54 Å². The van der Waals surface area contributed by atoms with Gasteiger partial charge in [-0.25, -0.2) is 4.79 Å². The lowest BCUT2D eigenvalue weighted by atomic mass is 9.91. The molecule has 6 heteroatoms. The van der Waals surface area contributed by atoms with E-state index in [4.69, 9.17) is 4.52 Å². The van der Waals surface area contributed by atoms with Gasteiger partial charge in [-0.05, 0) is 68.7 Å². The van der Waals surface area contributed by atoms with Crippen molar-refractivity contribution in [2.45, 2.75) is 34.2 Å². The van der Waals surface area contributed by atoms with Gasteiger partial charge in [0, 0.05) is 29.3 Å². The number of benzene rings is 2. The Hall–Kier alpha value is -3.67. The average Bonchev–Trinajstić information content (AvgIpc) is 3.24. The maximum Gasteiger partial charge on any atom is 0.326 e. The van der Waals surface area contributed by atoms with Crippen molar-refractivity contribution >= 4 is 21.9 Å². The first-order valence-electron chi connectivity index (χ1n) is 10.0. The molecule has 0 amide bonds. The maximum atomic E-state index is 12.7. The number of nitrogens with zero attached hydrogens (tertiary/aromatic N) is 3. The summed E-state index contributed by atoms with van der Waals surface area (Å²) in [5, 5.41) is 5.18. The molecule has 0 aliphatic carbocycles. The van der Waals surface area contributed by atoms with E-state index in [0.717, 1.165) is 61.2 Å². The van der Waals surface area contributed by atoms with E-state index in [1.807, 2.05) is 39.0 Å². The minimum atomic E-state index is -0.110. The minimum absolute atomic E-state index is 0.110. The zero-order valence-corrected chi connectivity index (χ0v) is 17.4. The number of aryl methyl sites for hydroxylation is 4. The molecule has 0 atom stereocenters. The lowest BCUT2D eigenvalue weighted by Crippen LogP contribution is -2.15. The Labute approximate surface area is 173 Å². The molecule has 5 aromatic rings. The molecule has 150 valence electrons. The van der Waals surface area contributed by atoms with E-state index in [1.54, 1.807) is 10.8 Å². The van der Waals surface area contributed by atoms with Crippen LogP contribution in [0.4, 0.5) is 0 Å². The number of H-pyrrole nitrogens is 1. The third-order valence-corrected chi connectivity index (χ3v) is 5.77. The molecule has 0 fully saturated rings. The van der Waals surface area contributed by atoms with E-state index >= 15 is 0 Å². The van der Waals surface area contributed by atoms with E-state index in [1.165, 1.54) is 0 Å². The zero-order chi connectivity index (χ0) is 21.0. The fourth-order valence-electron chi connectivity index (χ4n) is 4.46. The van der Waals surface area contributed by atoms with Gasteiger partial charge in [-0.1, -0.05) is 17.3 Å². The smallest absolute Gasteiger partial charge is 0.326 e. The normalized spacial score (nSPS) is 11.6. The summed E-state index contributed by atoms with van der Waals surface area (Å²) in [7, 11) is 0. The summed E-state index contributed by atoms with van der Waals surface area (Å²) in [6.45, 7) is 8.50. The number of hydrogen-bond acceptors (Lipinski definition) is 4. The SMILES string of the molecule is CCn1c(=O)[nH]c2cc(-c3c(C)noc3C)cc(-c3c(C)ccc4ncccc34)c21. The molecule has 0 spiro atoms. The number of fused-ring (bicyclic) bond motifs is 2. The van der Waals surface area contributed by atoms with Crippen LogP contribution in [0.25, 0.3) is 44.2 Å². The summed E-state index contributed by atoms with van der Waals surface area (Å²) in [5.74, 6) is 0.756. The summed E-state index contributed by atoms with van der Waals surface area (Å²) >= 11 is 0. The second kappa shape index (κ2) is 6.69. The van der Waals surface area contributed by atoms with Gasteiger partial charge in [0.15, 0.2) is 0 Å². The standard InChI is InChI=1S/C24H22N4O2/c1-5-28-23-18(21-13(2)8-9-19-17(21)7-6-10-25-19)11-16(12-20(23)26-24(28)29)22-14(3)27-30-15(22)4/h6-12H,5H2,1-4H3,(H,26,29). The maximum absolute atomic E-state index is 12.7. The molecule has 0 saturated carbocycles. The van der Waals surface area contributed by atoms with Crippen molar-refractivity contribution in [1.82, 2.24) is 19.7 Å². The highest BCUT2D eigenvalue weighted by molar-refractivity contribution is 6.05. The van der Waals surface area contributed by atoms with Gasteiger partial charge in [0.1, 0.15) is 5.76 Å². The van der Waals surface area contributed by atoms with Crippen LogP contribution in [0.2, 0.25) is 0 Å². The molecule has 1 N–H and O–H groups in total. The molecule has 3 heterocycles. The lowest BCUT2D eigenvalue weighted by Gasteiger charge is -2.15. The van der Waals surface area contributed by atoms with Gasteiger partial charge in [0.05, 0.1) is 22.2 Å². The van der Waals surface area contributed by atoms with Crippen molar-refractivity contribution in [3.63, 3.8) is 0 Å². The fraction of sp³-hybridized carbons (Fsp3) is 0.208. The van der Waals surface area contributed by atoms with Crippen LogP contribution in [-0.2, 0) is 6.54 Å². The Morgan fingerprint density at radius 3 is 2.67 bits per heavy atom. The van der Waals surface area contributed by atoms with Crippen LogP contribution in [-0.4, -0.2) is 19.7 Å². The Morgan fingerprint density at radius 2 is 1.93 bits per heavy atom. The van der Waals surface area contributed by atoms with Gasteiger partial charge in [-0.2, -0.15) is 0 Å². The number of rotatable bonds is 3.